The van der Waals surface area contributed by atoms with Gasteiger partial charge in [0.15, 0.2) is 11.5 Å². The molecule has 35 heavy (non-hydrogen) atoms. The number of hydrogen-bond acceptors (Lipinski definition) is 7. The minimum absolute atomic E-state index is 0.0889. The summed E-state index contributed by atoms with van der Waals surface area (Å²) in [4.78, 5) is 18.4. The fraction of sp³-hybridized carbons (Fsp3) is 0.462. The fourth-order valence-corrected chi connectivity index (χ4v) is 4.14. The molecule has 2 aliphatic heterocycles. The first-order valence-electron chi connectivity index (χ1n) is 11.8. The molecule has 0 spiro atoms. The minimum atomic E-state index is -0.948. The molecule has 2 aliphatic rings. The number of carbonyl (C=O) groups excluding carboxylic acids is 1. The van der Waals surface area contributed by atoms with E-state index in [1.165, 1.54) is 6.21 Å². The SMILES string of the molecule is COc1ccc(OCCC(=O)N=CC(CN2CC[C@H](F)C2)[C@@H](O)c2ccc3c(c2)OCCO3)cc1. The third-order valence-corrected chi connectivity index (χ3v) is 6.05. The van der Waals surface area contributed by atoms with Crippen molar-refractivity contribution in [2.24, 2.45) is 10.9 Å². The Morgan fingerprint density at radius 2 is 1.94 bits per heavy atom. The van der Waals surface area contributed by atoms with Crippen LogP contribution in [0.4, 0.5) is 4.39 Å². The number of methoxy groups -OCH3 is 1. The van der Waals surface area contributed by atoms with E-state index in [4.69, 9.17) is 18.9 Å². The lowest BCUT2D eigenvalue weighted by Crippen LogP contribution is -2.32. The summed E-state index contributed by atoms with van der Waals surface area (Å²) in [5.74, 6) is 1.68. The van der Waals surface area contributed by atoms with Crippen molar-refractivity contribution in [3.05, 3.63) is 48.0 Å². The number of fused-ring (bicyclic) bond motifs is 1. The number of amides is 1. The van der Waals surface area contributed by atoms with E-state index in [9.17, 15) is 14.3 Å². The Balaban J connectivity index is 1.38. The maximum atomic E-state index is 13.7. The molecule has 0 bridgehead atoms. The van der Waals surface area contributed by atoms with Gasteiger partial charge in [0.1, 0.15) is 30.9 Å². The Hall–Kier alpha value is -3.17. The summed E-state index contributed by atoms with van der Waals surface area (Å²) >= 11 is 0. The molecular weight excluding hydrogens is 455 g/mol. The number of benzene rings is 2. The first kappa shape index (κ1) is 24.9. The van der Waals surface area contributed by atoms with Gasteiger partial charge in [-0.1, -0.05) is 6.07 Å². The van der Waals surface area contributed by atoms with E-state index in [-0.39, 0.29) is 18.9 Å². The molecule has 1 unspecified atom stereocenters. The summed E-state index contributed by atoms with van der Waals surface area (Å²) in [5.41, 5.74) is 0.622. The smallest absolute Gasteiger partial charge is 0.248 e. The normalized spacial score (nSPS) is 19.5. The molecule has 0 aliphatic carbocycles. The molecule has 1 amide bonds. The molecule has 9 heteroatoms. The second kappa shape index (κ2) is 12.0. The largest absolute Gasteiger partial charge is 0.497 e. The summed E-state index contributed by atoms with van der Waals surface area (Å²) < 4.78 is 35.6. The van der Waals surface area contributed by atoms with Gasteiger partial charge in [-0.2, -0.15) is 0 Å². The van der Waals surface area contributed by atoms with E-state index >= 15 is 0 Å². The highest BCUT2D eigenvalue weighted by atomic mass is 19.1. The lowest BCUT2D eigenvalue weighted by atomic mass is 9.95. The van der Waals surface area contributed by atoms with Crippen molar-refractivity contribution >= 4 is 12.1 Å². The first-order chi connectivity index (χ1) is 17.0. The Labute approximate surface area is 204 Å². The molecule has 3 atom stereocenters. The zero-order chi connectivity index (χ0) is 24.6. The molecular formula is C26H31FN2O6. The van der Waals surface area contributed by atoms with Crippen molar-refractivity contribution in [3.8, 4) is 23.0 Å². The number of likely N-dealkylation sites (tertiary alicyclic amines) is 1. The standard InChI is InChI=1S/C26H31FN2O6/c1-32-21-3-5-22(6-4-21)33-11-9-25(30)28-15-19(16-29-10-8-20(27)17-29)26(31)18-2-7-23-24(14-18)35-13-12-34-23/h2-7,14-15,19-20,26,31H,8-13,16-17H2,1H3/t19?,20-,26-/m0/s1. The van der Waals surface area contributed by atoms with Crippen LogP contribution in [0.15, 0.2) is 47.5 Å². The monoisotopic (exact) mass is 486 g/mol. The Morgan fingerprint density at radius 3 is 2.66 bits per heavy atom. The third kappa shape index (κ3) is 6.93. The van der Waals surface area contributed by atoms with Gasteiger partial charge in [0.05, 0.1) is 26.2 Å². The van der Waals surface area contributed by atoms with Crippen molar-refractivity contribution in [1.82, 2.24) is 4.90 Å². The molecule has 8 nitrogen and oxygen atoms in total. The van der Waals surface area contributed by atoms with E-state index in [2.05, 4.69) is 4.99 Å². The molecule has 1 fully saturated rings. The number of halogens is 1. The van der Waals surface area contributed by atoms with Gasteiger partial charge in [0.2, 0.25) is 5.91 Å². The Bertz CT molecular complexity index is 1020. The Kier molecular flexibility index (Phi) is 8.54. The van der Waals surface area contributed by atoms with E-state index < -0.39 is 18.2 Å². The van der Waals surface area contributed by atoms with Gasteiger partial charge in [0, 0.05) is 31.8 Å². The lowest BCUT2D eigenvalue weighted by Gasteiger charge is -2.26. The van der Waals surface area contributed by atoms with Crippen LogP contribution in [0.3, 0.4) is 0 Å². The van der Waals surface area contributed by atoms with E-state index in [0.717, 1.165) is 5.75 Å². The quantitative estimate of drug-likeness (QED) is 0.516. The van der Waals surface area contributed by atoms with Gasteiger partial charge in [0.25, 0.3) is 0 Å². The maximum Gasteiger partial charge on any atom is 0.248 e. The molecule has 2 aromatic carbocycles. The van der Waals surface area contributed by atoms with Crippen molar-refractivity contribution in [1.29, 1.82) is 0 Å². The topological polar surface area (TPSA) is 89.8 Å². The summed E-state index contributed by atoms with van der Waals surface area (Å²) in [6.07, 6.45) is 0.201. The number of nitrogens with zero attached hydrogens (tertiary/aromatic N) is 2. The van der Waals surface area contributed by atoms with Crippen LogP contribution < -0.4 is 18.9 Å². The summed E-state index contributed by atoms with van der Waals surface area (Å²) in [7, 11) is 1.59. The number of aliphatic imine (C=N–C) groups is 1. The highest BCUT2D eigenvalue weighted by Gasteiger charge is 2.28. The van der Waals surface area contributed by atoms with Crippen molar-refractivity contribution < 1.29 is 33.2 Å². The second-order valence-corrected chi connectivity index (χ2v) is 8.60. The highest BCUT2D eigenvalue weighted by molar-refractivity contribution is 5.86. The van der Waals surface area contributed by atoms with Crippen LogP contribution in [-0.4, -0.2) is 74.9 Å². The number of rotatable bonds is 10. The van der Waals surface area contributed by atoms with Gasteiger partial charge in [-0.15, -0.1) is 0 Å². The second-order valence-electron chi connectivity index (χ2n) is 8.60. The van der Waals surface area contributed by atoms with Gasteiger partial charge in [-0.25, -0.2) is 9.38 Å². The predicted molar refractivity (Wildman–Crippen MR) is 128 cm³/mol. The van der Waals surface area contributed by atoms with Crippen molar-refractivity contribution in [3.63, 3.8) is 0 Å². The lowest BCUT2D eigenvalue weighted by molar-refractivity contribution is -0.118. The zero-order valence-corrected chi connectivity index (χ0v) is 19.8. The van der Waals surface area contributed by atoms with Crippen LogP contribution in [0.1, 0.15) is 24.5 Å². The molecule has 188 valence electrons. The van der Waals surface area contributed by atoms with E-state index in [1.807, 2.05) is 4.90 Å². The van der Waals surface area contributed by atoms with Crippen LogP contribution in [0.5, 0.6) is 23.0 Å². The number of aliphatic hydroxyl groups excluding tert-OH is 1. The molecule has 4 rings (SSSR count). The average molecular weight is 487 g/mol. The van der Waals surface area contributed by atoms with E-state index in [0.29, 0.717) is 62.1 Å². The van der Waals surface area contributed by atoms with Crippen molar-refractivity contribution in [2.45, 2.75) is 25.1 Å². The summed E-state index contributed by atoms with van der Waals surface area (Å²) in [6, 6.07) is 12.4. The van der Waals surface area contributed by atoms with Gasteiger partial charge >= 0.3 is 0 Å². The maximum absolute atomic E-state index is 13.7. The molecule has 0 aromatic heterocycles. The molecule has 2 aromatic rings. The van der Waals surface area contributed by atoms with E-state index in [1.54, 1.807) is 49.6 Å². The molecule has 1 saturated heterocycles. The molecule has 0 radical (unpaired) electrons. The Morgan fingerprint density at radius 1 is 1.20 bits per heavy atom. The number of hydrogen-bond donors (Lipinski definition) is 1. The van der Waals surface area contributed by atoms with Crippen LogP contribution >= 0.6 is 0 Å². The highest BCUT2D eigenvalue weighted by Crippen LogP contribution is 2.34. The third-order valence-electron chi connectivity index (χ3n) is 6.05. The number of carbonyl (C=O) groups is 1. The van der Waals surface area contributed by atoms with Gasteiger partial charge in [-0.3, -0.25) is 9.69 Å². The van der Waals surface area contributed by atoms with Gasteiger partial charge in [-0.05, 0) is 48.4 Å². The van der Waals surface area contributed by atoms with Crippen LogP contribution in [0.25, 0.3) is 0 Å². The van der Waals surface area contributed by atoms with Crippen LogP contribution in [0.2, 0.25) is 0 Å². The predicted octanol–water partition coefficient (Wildman–Crippen LogP) is 3.23. The molecule has 0 saturated carbocycles. The fourth-order valence-electron chi connectivity index (χ4n) is 4.14. The zero-order valence-electron chi connectivity index (χ0n) is 19.8. The van der Waals surface area contributed by atoms with Crippen LogP contribution in [0, 0.1) is 5.92 Å². The van der Waals surface area contributed by atoms with Crippen molar-refractivity contribution in [2.75, 3.05) is 46.6 Å². The summed E-state index contributed by atoms with van der Waals surface area (Å²) in [5, 5.41) is 11.1. The van der Waals surface area contributed by atoms with Crippen LogP contribution in [-0.2, 0) is 4.79 Å². The average Bonchev–Trinajstić information content (AvgIpc) is 3.30. The van der Waals surface area contributed by atoms with Gasteiger partial charge < -0.3 is 24.1 Å². The number of aliphatic hydroxyl groups is 1. The minimum Gasteiger partial charge on any atom is -0.497 e. The summed E-state index contributed by atoms with van der Waals surface area (Å²) in [6.45, 7) is 2.39. The number of ether oxygens (including phenoxy) is 4. The molecule has 2 heterocycles. The molecule has 1 N–H and O–H groups in total. The first-order valence-corrected chi connectivity index (χ1v) is 11.8. The number of alkyl halides is 1.